The van der Waals surface area contributed by atoms with Gasteiger partial charge in [-0.1, -0.05) is 0 Å². The van der Waals surface area contributed by atoms with Crippen LogP contribution in [-0.4, -0.2) is 25.8 Å². The Hall–Kier alpha value is -2.44. The number of benzene rings is 3. The van der Waals surface area contributed by atoms with Gasteiger partial charge >= 0.3 is 141 Å². The van der Waals surface area contributed by atoms with Crippen LogP contribution in [0.5, 0.6) is 5.75 Å². The van der Waals surface area contributed by atoms with Gasteiger partial charge in [-0.3, -0.25) is 0 Å². The van der Waals surface area contributed by atoms with Gasteiger partial charge in [-0.05, 0) is 0 Å². The van der Waals surface area contributed by atoms with Crippen LogP contribution in [0, 0.1) is 0 Å². The van der Waals surface area contributed by atoms with Crippen molar-refractivity contribution in [3.8, 4) is 16.9 Å². The van der Waals surface area contributed by atoms with Gasteiger partial charge in [0.1, 0.15) is 0 Å². The third kappa shape index (κ3) is 2.91. The molecule has 2 N–H and O–H groups in total. The van der Waals surface area contributed by atoms with Crippen LogP contribution in [0.4, 0.5) is 0 Å². The monoisotopic (exact) mass is 361 g/mol. The molecule has 3 heteroatoms. The first-order chi connectivity index (χ1) is 11.3. The van der Waals surface area contributed by atoms with E-state index in [1.54, 1.807) is 0 Å². The number of phenols is 1. The molecule has 0 saturated carbocycles. The summed E-state index contributed by atoms with van der Waals surface area (Å²) < 4.78 is 2.60. The van der Waals surface area contributed by atoms with Gasteiger partial charge in [0, 0.05) is 0 Å². The number of aromatic hydroxyl groups is 1. The first kappa shape index (κ1) is 14.2. The summed E-state index contributed by atoms with van der Waals surface area (Å²) in [6, 6.07) is 24.8. The molecular weight excluding hydrogens is 345 g/mol. The summed E-state index contributed by atoms with van der Waals surface area (Å²) in [6.45, 7) is 0. The Labute approximate surface area is 141 Å². The molecule has 1 aromatic heterocycles. The molecule has 0 spiro atoms. The quantitative estimate of drug-likeness (QED) is 0.541. The number of H-pyrrole nitrogens is 1. The van der Waals surface area contributed by atoms with Gasteiger partial charge in [0.25, 0.3) is 0 Å². The van der Waals surface area contributed by atoms with Crippen molar-refractivity contribution in [2.45, 2.75) is 0 Å². The van der Waals surface area contributed by atoms with E-state index in [2.05, 4.69) is 53.5 Å². The Bertz CT molecular complexity index is 960. The Kier molecular flexibility index (Phi) is 3.69. The minimum atomic E-state index is -0.448. The van der Waals surface area contributed by atoms with Gasteiger partial charge in [0.2, 0.25) is 0 Å². The first-order valence-corrected chi connectivity index (χ1v) is 9.62. The van der Waals surface area contributed by atoms with E-state index < -0.39 is 15.8 Å². The minimum absolute atomic E-state index is 0.338. The van der Waals surface area contributed by atoms with Gasteiger partial charge < -0.3 is 0 Å². The molecule has 0 radical (unpaired) electrons. The fourth-order valence-corrected chi connectivity index (χ4v) is 5.26. The summed E-state index contributed by atoms with van der Waals surface area (Å²) >= 11 is -0.448. The third-order valence-electron chi connectivity index (χ3n) is 3.89. The molecular formula is C20H16AsNO. The molecule has 0 fully saturated rings. The summed E-state index contributed by atoms with van der Waals surface area (Å²) in [6.07, 6.45) is 1.95. The van der Waals surface area contributed by atoms with Gasteiger partial charge in [0.15, 0.2) is 0 Å². The van der Waals surface area contributed by atoms with Crippen LogP contribution in [0.1, 0.15) is 0 Å². The van der Waals surface area contributed by atoms with Crippen molar-refractivity contribution in [1.82, 2.24) is 4.98 Å². The summed E-state index contributed by atoms with van der Waals surface area (Å²) in [5, 5.41) is 11.4. The number of aromatic amines is 1. The zero-order valence-corrected chi connectivity index (χ0v) is 14.6. The van der Waals surface area contributed by atoms with Crippen LogP contribution in [0.15, 0.2) is 79.0 Å². The van der Waals surface area contributed by atoms with E-state index >= 15 is 0 Å². The predicted molar refractivity (Wildman–Crippen MR) is 98.3 cm³/mol. The number of aromatic nitrogens is 1. The van der Waals surface area contributed by atoms with Gasteiger partial charge in [-0.15, -0.1) is 0 Å². The van der Waals surface area contributed by atoms with Crippen molar-refractivity contribution in [3.05, 3.63) is 79.0 Å². The van der Waals surface area contributed by atoms with Crippen molar-refractivity contribution in [3.63, 3.8) is 0 Å². The Morgan fingerprint density at radius 3 is 2.52 bits per heavy atom. The standard InChI is InChI=1S/C20H16AsNO/c23-17-12-14(18-7-4-8-20-19(18)9-10-22-20)11-16(13-17)21-15-5-2-1-3-6-15/h1-13,21-23H. The van der Waals surface area contributed by atoms with E-state index in [1.807, 2.05) is 30.5 Å². The van der Waals surface area contributed by atoms with Gasteiger partial charge in [-0.2, -0.15) is 0 Å². The zero-order valence-electron chi connectivity index (χ0n) is 12.5. The van der Waals surface area contributed by atoms with E-state index in [4.69, 9.17) is 0 Å². The van der Waals surface area contributed by atoms with E-state index in [1.165, 1.54) is 14.1 Å². The van der Waals surface area contributed by atoms with E-state index in [9.17, 15) is 5.11 Å². The van der Waals surface area contributed by atoms with E-state index in [0.717, 1.165) is 16.6 Å². The van der Waals surface area contributed by atoms with Crippen LogP contribution in [0.25, 0.3) is 22.0 Å². The number of hydrogen-bond donors (Lipinski definition) is 2. The molecule has 3 aromatic carbocycles. The molecule has 112 valence electrons. The fraction of sp³-hybridized carbons (Fsp3) is 0. The van der Waals surface area contributed by atoms with Crippen LogP contribution in [-0.2, 0) is 0 Å². The normalized spacial score (nSPS) is 11.5. The number of rotatable bonds is 3. The molecule has 0 bridgehead atoms. The second kappa shape index (κ2) is 5.98. The zero-order chi connectivity index (χ0) is 15.6. The molecule has 1 unspecified atom stereocenters. The maximum atomic E-state index is 10.2. The van der Waals surface area contributed by atoms with Crippen molar-refractivity contribution in [2.75, 3.05) is 0 Å². The molecule has 23 heavy (non-hydrogen) atoms. The fourth-order valence-electron chi connectivity index (χ4n) is 2.86. The number of phenolic OH excluding ortho intramolecular Hbond substituents is 1. The maximum absolute atomic E-state index is 10.2. The summed E-state index contributed by atoms with van der Waals surface area (Å²) in [4.78, 5) is 3.24. The molecule has 4 rings (SSSR count). The molecule has 0 aliphatic rings. The molecule has 0 saturated heterocycles. The molecule has 4 aromatic rings. The number of hydrogen-bond acceptors (Lipinski definition) is 1. The predicted octanol–water partition coefficient (Wildman–Crippen LogP) is 2.93. The first-order valence-electron chi connectivity index (χ1n) is 7.52. The second-order valence-electron chi connectivity index (χ2n) is 5.50. The topological polar surface area (TPSA) is 36.0 Å². The summed E-state index contributed by atoms with van der Waals surface area (Å²) in [5.41, 5.74) is 3.34. The number of fused-ring (bicyclic) bond motifs is 1. The molecule has 1 atom stereocenters. The number of nitrogens with one attached hydrogen (secondary N) is 1. The van der Waals surface area contributed by atoms with Crippen LogP contribution < -0.4 is 8.70 Å². The van der Waals surface area contributed by atoms with Gasteiger partial charge in [-0.25, -0.2) is 0 Å². The Balaban J connectivity index is 1.79. The third-order valence-corrected chi connectivity index (χ3v) is 6.40. The molecule has 0 aliphatic heterocycles. The van der Waals surface area contributed by atoms with Crippen molar-refractivity contribution in [2.24, 2.45) is 0 Å². The average molecular weight is 361 g/mol. The van der Waals surface area contributed by atoms with Crippen molar-refractivity contribution >= 4 is 35.4 Å². The molecule has 0 aliphatic carbocycles. The van der Waals surface area contributed by atoms with Crippen LogP contribution in [0.3, 0.4) is 0 Å². The van der Waals surface area contributed by atoms with Crippen LogP contribution in [0.2, 0.25) is 0 Å². The van der Waals surface area contributed by atoms with Crippen LogP contribution >= 0.6 is 0 Å². The summed E-state index contributed by atoms with van der Waals surface area (Å²) in [7, 11) is 0. The average Bonchev–Trinajstić information content (AvgIpc) is 3.04. The molecule has 2 nitrogen and oxygen atoms in total. The van der Waals surface area contributed by atoms with E-state index in [-0.39, 0.29) is 0 Å². The van der Waals surface area contributed by atoms with Gasteiger partial charge in [0.05, 0.1) is 0 Å². The molecule has 1 heterocycles. The van der Waals surface area contributed by atoms with Crippen molar-refractivity contribution < 1.29 is 5.11 Å². The Morgan fingerprint density at radius 2 is 1.65 bits per heavy atom. The van der Waals surface area contributed by atoms with Crippen molar-refractivity contribution in [1.29, 1.82) is 0 Å². The summed E-state index contributed by atoms with van der Waals surface area (Å²) in [5.74, 6) is 0.338. The Morgan fingerprint density at radius 1 is 0.783 bits per heavy atom. The SMILES string of the molecule is Oc1cc([AsH]c2ccccc2)cc(-c2cccc3[nH]ccc23)c1. The second-order valence-corrected chi connectivity index (χ2v) is 8.45. The molecule has 0 amide bonds. The van der Waals surface area contributed by atoms with E-state index in [0.29, 0.717) is 5.75 Å².